The topological polar surface area (TPSA) is 46.9 Å². The fraction of sp³-hybridized carbons (Fsp3) is 0.158. The van der Waals surface area contributed by atoms with Gasteiger partial charge in [0.15, 0.2) is 17.5 Å². The molecule has 1 aliphatic rings. The molecular formula is C19H14F3N3O. The van der Waals surface area contributed by atoms with Crippen LogP contribution in [0.4, 0.5) is 18.9 Å². The summed E-state index contributed by atoms with van der Waals surface area (Å²) in [5.74, 6) is -4.72. The molecule has 0 saturated heterocycles. The molecule has 26 heavy (non-hydrogen) atoms. The maximum absolute atomic E-state index is 13.9. The lowest BCUT2D eigenvalue weighted by Crippen LogP contribution is -2.18. The van der Waals surface area contributed by atoms with E-state index in [1.807, 2.05) is 18.2 Å². The highest BCUT2D eigenvalue weighted by atomic mass is 19.2. The van der Waals surface area contributed by atoms with Gasteiger partial charge in [0.25, 0.3) is 5.91 Å². The monoisotopic (exact) mass is 357 g/mol. The van der Waals surface area contributed by atoms with Crippen LogP contribution in [0.25, 0.3) is 5.69 Å². The van der Waals surface area contributed by atoms with Crippen LogP contribution in [0.15, 0.2) is 48.5 Å². The van der Waals surface area contributed by atoms with E-state index in [1.54, 1.807) is 18.2 Å². The molecule has 0 atom stereocenters. The van der Waals surface area contributed by atoms with Gasteiger partial charge in [0.05, 0.1) is 17.1 Å². The number of anilines is 1. The average Bonchev–Trinajstić information content (AvgIpc) is 3.41. The largest absolute Gasteiger partial charge is 0.318 e. The van der Waals surface area contributed by atoms with Crippen molar-refractivity contribution in [1.82, 2.24) is 9.78 Å². The minimum atomic E-state index is -1.63. The van der Waals surface area contributed by atoms with Gasteiger partial charge in [-0.3, -0.25) is 4.79 Å². The van der Waals surface area contributed by atoms with Crippen molar-refractivity contribution in [3.05, 3.63) is 77.4 Å². The average molecular weight is 357 g/mol. The van der Waals surface area contributed by atoms with Crippen LogP contribution in [0, 0.1) is 17.5 Å². The molecule has 7 heteroatoms. The van der Waals surface area contributed by atoms with Gasteiger partial charge in [-0.25, -0.2) is 17.9 Å². The van der Waals surface area contributed by atoms with E-state index in [4.69, 9.17) is 0 Å². The van der Waals surface area contributed by atoms with E-state index in [-0.39, 0.29) is 5.69 Å². The molecule has 4 nitrogen and oxygen atoms in total. The molecule has 0 unspecified atom stereocenters. The predicted octanol–water partition coefficient (Wildman–Crippen LogP) is 4.42. The molecule has 1 heterocycles. The number of nitrogens with zero attached hydrogens (tertiary/aromatic N) is 2. The van der Waals surface area contributed by atoms with E-state index >= 15 is 0 Å². The van der Waals surface area contributed by atoms with Crippen LogP contribution in [-0.2, 0) is 0 Å². The summed E-state index contributed by atoms with van der Waals surface area (Å²) < 4.78 is 41.8. The zero-order chi connectivity index (χ0) is 18.3. The van der Waals surface area contributed by atoms with E-state index < -0.39 is 29.0 Å². The van der Waals surface area contributed by atoms with Crippen LogP contribution in [0.3, 0.4) is 0 Å². The first-order chi connectivity index (χ1) is 12.5. The van der Waals surface area contributed by atoms with Crippen molar-refractivity contribution < 1.29 is 18.0 Å². The number of carbonyl (C=O) groups excluding carboxylic acids is 1. The normalized spacial score (nSPS) is 13.7. The van der Waals surface area contributed by atoms with Crippen molar-refractivity contribution in [3.63, 3.8) is 0 Å². The van der Waals surface area contributed by atoms with Gasteiger partial charge >= 0.3 is 0 Å². The molecular weight excluding hydrogens is 343 g/mol. The Hall–Kier alpha value is -3.09. The second-order valence-corrected chi connectivity index (χ2v) is 6.15. The maximum atomic E-state index is 13.9. The first-order valence-electron chi connectivity index (χ1n) is 8.15. The number of hydrogen-bond donors (Lipinski definition) is 1. The minimum Gasteiger partial charge on any atom is -0.318 e. The lowest BCUT2D eigenvalue weighted by atomic mass is 10.2. The Kier molecular flexibility index (Phi) is 3.99. The molecule has 2 aromatic carbocycles. The van der Waals surface area contributed by atoms with Crippen LogP contribution in [-0.4, -0.2) is 15.7 Å². The van der Waals surface area contributed by atoms with Gasteiger partial charge in [-0.15, -0.1) is 0 Å². The molecule has 0 spiro atoms. The molecule has 1 N–H and O–H groups in total. The number of benzene rings is 2. The quantitative estimate of drug-likeness (QED) is 0.703. The zero-order valence-corrected chi connectivity index (χ0v) is 13.5. The molecule has 1 aromatic heterocycles. The van der Waals surface area contributed by atoms with Crippen molar-refractivity contribution in [1.29, 1.82) is 0 Å². The maximum Gasteiger partial charge on any atom is 0.274 e. The molecule has 4 rings (SSSR count). The van der Waals surface area contributed by atoms with Crippen LogP contribution in [0.5, 0.6) is 0 Å². The summed E-state index contributed by atoms with van der Waals surface area (Å²) in [7, 11) is 0. The van der Waals surface area contributed by atoms with Crippen molar-refractivity contribution in [2.75, 3.05) is 5.32 Å². The first kappa shape index (κ1) is 16.4. The number of rotatable bonds is 4. The molecule has 1 aliphatic carbocycles. The Morgan fingerprint density at radius 1 is 1.04 bits per heavy atom. The summed E-state index contributed by atoms with van der Waals surface area (Å²) in [6.45, 7) is 0. The SMILES string of the molecule is O=C(Nc1ccc(F)c(F)c1F)c1cc(C2CC2)nn1-c1ccccc1. The summed E-state index contributed by atoms with van der Waals surface area (Å²) in [4.78, 5) is 12.7. The third-order valence-corrected chi connectivity index (χ3v) is 4.24. The first-order valence-corrected chi connectivity index (χ1v) is 8.15. The fourth-order valence-corrected chi connectivity index (χ4v) is 2.71. The molecule has 0 aliphatic heterocycles. The Morgan fingerprint density at radius 2 is 1.77 bits per heavy atom. The van der Waals surface area contributed by atoms with Gasteiger partial charge in [0, 0.05) is 5.92 Å². The van der Waals surface area contributed by atoms with E-state index in [9.17, 15) is 18.0 Å². The van der Waals surface area contributed by atoms with Crippen LogP contribution < -0.4 is 5.32 Å². The highest BCUT2D eigenvalue weighted by molar-refractivity contribution is 6.03. The Labute approximate surface area is 147 Å². The van der Waals surface area contributed by atoms with Crippen molar-refractivity contribution in [2.45, 2.75) is 18.8 Å². The summed E-state index contributed by atoms with van der Waals surface area (Å²) in [5, 5.41) is 6.78. The van der Waals surface area contributed by atoms with Gasteiger partial charge in [0.1, 0.15) is 5.69 Å². The minimum absolute atomic E-state index is 0.197. The standard InChI is InChI=1S/C19H14F3N3O/c20-13-8-9-14(18(22)17(13)21)23-19(26)16-10-15(11-6-7-11)24-25(16)12-4-2-1-3-5-12/h1-5,8-11H,6-7H2,(H,23,26). The highest BCUT2D eigenvalue weighted by Gasteiger charge is 2.29. The van der Waals surface area contributed by atoms with Gasteiger partial charge in [-0.2, -0.15) is 5.10 Å². The summed E-state index contributed by atoms with van der Waals surface area (Å²) >= 11 is 0. The number of nitrogens with one attached hydrogen (secondary N) is 1. The number of aromatic nitrogens is 2. The molecule has 132 valence electrons. The summed E-state index contributed by atoms with van der Waals surface area (Å²) in [6.07, 6.45) is 2.01. The number of carbonyl (C=O) groups is 1. The molecule has 1 fully saturated rings. The second kappa shape index (κ2) is 6.33. The smallest absolute Gasteiger partial charge is 0.274 e. The van der Waals surface area contributed by atoms with Crippen LogP contribution in [0.1, 0.15) is 34.9 Å². The molecule has 3 aromatic rings. The molecule has 1 saturated carbocycles. The number of para-hydroxylation sites is 1. The zero-order valence-electron chi connectivity index (χ0n) is 13.5. The summed E-state index contributed by atoms with van der Waals surface area (Å²) in [6, 6.07) is 12.4. The second-order valence-electron chi connectivity index (χ2n) is 6.15. The van der Waals surface area contributed by atoms with Gasteiger partial charge in [-0.05, 0) is 43.2 Å². The van der Waals surface area contributed by atoms with Crippen LogP contribution in [0.2, 0.25) is 0 Å². The lowest BCUT2D eigenvalue weighted by molar-refractivity contribution is 0.101. The van der Waals surface area contributed by atoms with Crippen LogP contribution >= 0.6 is 0 Å². The Bertz CT molecular complexity index is 981. The van der Waals surface area contributed by atoms with Crippen molar-refractivity contribution >= 4 is 11.6 Å². The van der Waals surface area contributed by atoms with E-state index in [0.29, 0.717) is 11.6 Å². The fourth-order valence-electron chi connectivity index (χ4n) is 2.71. The molecule has 0 radical (unpaired) electrons. The van der Waals surface area contributed by atoms with E-state index in [2.05, 4.69) is 10.4 Å². The van der Waals surface area contributed by atoms with E-state index in [1.165, 1.54) is 4.68 Å². The molecule has 1 amide bonds. The van der Waals surface area contributed by atoms with Crippen molar-refractivity contribution in [2.24, 2.45) is 0 Å². The third kappa shape index (κ3) is 2.96. The highest BCUT2D eigenvalue weighted by Crippen LogP contribution is 2.39. The predicted molar refractivity (Wildman–Crippen MR) is 89.8 cm³/mol. The Morgan fingerprint density at radius 3 is 2.46 bits per heavy atom. The summed E-state index contributed by atoms with van der Waals surface area (Å²) in [5.41, 5.74) is 1.23. The van der Waals surface area contributed by atoms with Gasteiger partial charge in [0.2, 0.25) is 0 Å². The van der Waals surface area contributed by atoms with Crippen molar-refractivity contribution in [3.8, 4) is 5.69 Å². The lowest BCUT2D eigenvalue weighted by Gasteiger charge is -2.09. The number of amides is 1. The molecule has 0 bridgehead atoms. The Balaban J connectivity index is 1.71. The number of halogens is 3. The number of hydrogen-bond acceptors (Lipinski definition) is 2. The van der Waals surface area contributed by atoms with Gasteiger partial charge < -0.3 is 5.32 Å². The van der Waals surface area contributed by atoms with Gasteiger partial charge in [-0.1, -0.05) is 18.2 Å². The van der Waals surface area contributed by atoms with E-state index in [0.717, 1.165) is 30.7 Å². The third-order valence-electron chi connectivity index (χ3n) is 4.24.